The van der Waals surface area contributed by atoms with Gasteiger partial charge in [0.05, 0.1) is 6.61 Å². The zero-order chi connectivity index (χ0) is 13.1. The zero-order valence-corrected chi connectivity index (χ0v) is 10.6. The molecule has 0 aliphatic heterocycles. The second-order valence-corrected chi connectivity index (χ2v) is 4.70. The van der Waals surface area contributed by atoms with Crippen LogP contribution in [0.1, 0.15) is 18.6 Å². The molecule has 18 heavy (non-hydrogen) atoms. The molecule has 2 aromatic rings. The van der Waals surface area contributed by atoms with E-state index >= 15 is 0 Å². The number of halogens is 1. The lowest BCUT2D eigenvalue weighted by Gasteiger charge is -2.14. The molecule has 0 amide bonds. The summed E-state index contributed by atoms with van der Waals surface area (Å²) in [6, 6.07) is 7.35. The summed E-state index contributed by atoms with van der Waals surface area (Å²) in [7, 11) is 0. The third-order valence-corrected chi connectivity index (χ3v) is 3.60. The van der Waals surface area contributed by atoms with E-state index in [0.717, 1.165) is 10.1 Å². The molecular formula is C13H13FO3S. The van der Waals surface area contributed by atoms with E-state index in [1.807, 2.05) is 18.2 Å². The van der Waals surface area contributed by atoms with Gasteiger partial charge in [-0.15, -0.1) is 11.3 Å². The van der Waals surface area contributed by atoms with E-state index in [9.17, 15) is 14.3 Å². The molecule has 0 aliphatic carbocycles. The quantitative estimate of drug-likeness (QED) is 0.867. The number of aliphatic hydroxyl groups is 1. The predicted octanol–water partition coefficient (Wildman–Crippen LogP) is 2.84. The molecule has 5 heteroatoms. The summed E-state index contributed by atoms with van der Waals surface area (Å²) < 4.78 is 19.3. The minimum atomic E-state index is -2.05. The Hall–Kier alpha value is -1.46. The smallest absolute Gasteiger partial charge is 0.343 e. The fraction of sp³-hybridized carbons (Fsp3) is 0.308. The van der Waals surface area contributed by atoms with Gasteiger partial charge in [0.25, 0.3) is 0 Å². The van der Waals surface area contributed by atoms with Crippen molar-refractivity contribution < 1.29 is 19.0 Å². The van der Waals surface area contributed by atoms with Crippen LogP contribution in [0.2, 0.25) is 0 Å². The van der Waals surface area contributed by atoms with Crippen LogP contribution in [-0.4, -0.2) is 23.9 Å². The number of benzene rings is 1. The van der Waals surface area contributed by atoms with Gasteiger partial charge in [0.15, 0.2) is 0 Å². The van der Waals surface area contributed by atoms with E-state index in [1.165, 1.54) is 11.3 Å². The number of hydrogen-bond donors (Lipinski definition) is 1. The van der Waals surface area contributed by atoms with Crippen molar-refractivity contribution in [2.75, 3.05) is 6.61 Å². The molecule has 0 spiro atoms. The molecule has 0 saturated heterocycles. The summed E-state index contributed by atoms with van der Waals surface area (Å²) in [6.07, 6.45) is -3.54. The van der Waals surface area contributed by atoms with Crippen molar-refractivity contribution in [2.45, 2.75) is 19.2 Å². The van der Waals surface area contributed by atoms with Crippen molar-refractivity contribution in [3.63, 3.8) is 0 Å². The highest BCUT2D eigenvalue weighted by Crippen LogP contribution is 2.32. The highest BCUT2D eigenvalue weighted by atomic mass is 32.1. The van der Waals surface area contributed by atoms with E-state index in [2.05, 4.69) is 4.74 Å². The second-order valence-electron chi connectivity index (χ2n) is 3.79. The maximum absolute atomic E-state index is 13.7. The van der Waals surface area contributed by atoms with Gasteiger partial charge in [-0.2, -0.15) is 0 Å². The van der Waals surface area contributed by atoms with E-state index in [4.69, 9.17) is 0 Å². The molecule has 2 unspecified atom stereocenters. The van der Waals surface area contributed by atoms with Crippen LogP contribution in [-0.2, 0) is 9.53 Å². The maximum Gasteiger partial charge on any atom is 0.343 e. The molecule has 0 saturated carbocycles. The van der Waals surface area contributed by atoms with Crippen molar-refractivity contribution in [3.8, 4) is 0 Å². The molecule has 1 aromatic heterocycles. The van der Waals surface area contributed by atoms with Crippen LogP contribution < -0.4 is 0 Å². The van der Waals surface area contributed by atoms with Crippen LogP contribution in [0.3, 0.4) is 0 Å². The average molecular weight is 268 g/mol. The van der Waals surface area contributed by atoms with E-state index in [1.54, 1.807) is 18.4 Å². The molecule has 0 fully saturated rings. The Morgan fingerprint density at radius 1 is 1.50 bits per heavy atom. The van der Waals surface area contributed by atoms with Gasteiger partial charge in [-0.3, -0.25) is 0 Å². The molecule has 2 atom stereocenters. The van der Waals surface area contributed by atoms with Crippen LogP contribution in [0.4, 0.5) is 4.39 Å². The fourth-order valence-corrected chi connectivity index (χ4v) is 2.73. The van der Waals surface area contributed by atoms with Crippen molar-refractivity contribution in [1.82, 2.24) is 0 Å². The van der Waals surface area contributed by atoms with Gasteiger partial charge in [-0.1, -0.05) is 18.2 Å². The molecule has 1 aromatic carbocycles. The van der Waals surface area contributed by atoms with Gasteiger partial charge >= 0.3 is 5.97 Å². The van der Waals surface area contributed by atoms with E-state index in [-0.39, 0.29) is 6.61 Å². The number of thiophene rings is 1. The molecule has 0 aliphatic rings. The summed E-state index contributed by atoms with van der Waals surface area (Å²) in [5.41, 5.74) is 0.427. The number of fused-ring (bicyclic) bond motifs is 1. The van der Waals surface area contributed by atoms with Crippen molar-refractivity contribution in [1.29, 1.82) is 0 Å². The SMILES string of the molecule is CCOC(=O)C(F)C(O)c1csc2ccccc12. The van der Waals surface area contributed by atoms with E-state index < -0.39 is 18.2 Å². The first-order valence-electron chi connectivity index (χ1n) is 5.60. The standard InChI is InChI=1S/C13H13FO3S/c1-2-17-13(16)11(14)12(15)9-7-18-10-6-4-3-5-8(9)10/h3-7,11-12,15H,2H2,1H3. The first kappa shape index (κ1) is 13.0. The number of esters is 1. The lowest BCUT2D eigenvalue weighted by molar-refractivity contribution is -0.153. The Labute approximate surface area is 108 Å². The topological polar surface area (TPSA) is 46.5 Å². The number of carbonyl (C=O) groups is 1. The Kier molecular flexibility index (Phi) is 3.93. The Balaban J connectivity index is 2.28. The van der Waals surface area contributed by atoms with Crippen molar-refractivity contribution in [3.05, 3.63) is 35.2 Å². The Morgan fingerprint density at radius 3 is 2.94 bits per heavy atom. The number of alkyl halides is 1. The van der Waals surface area contributed by atoms with Crippen LogP contribution in [0.5, 0.6) is 0 Å². The van der Waals surface area contributed by atoms with Crippen LogP contribution in [0.15, 0.2) is 29.6 Å². The van der Waals surface area contributed by atoms with Crippen LogP contribution in [0, 0.1) is 0 Å². The highest BCUT2D eigenvalue weighted by molar-refractivity contribution is 7.17. The maximum atomic E-state index is 13.7. The fourth-order valence-electron chi connectivity index (χ4n) is 1.74. The number of hydrogen-bond acceptors (Lipinski definition) is 4. The summed E-state index contributed by atoms with van der Waals surface area (Å²) in [5, 5.41) is 12.3. The normalized spacial score (nSPS) is 14.4. The second kappa shape index (κ2) is 5.46. The number of carbonyl (C=O) groups excluding carboxylic acids is 1. The lowest BCUT2D eigenvalue weighted by Crippen LogP contribution is -2.25. The third kappa shape index (κ3) is 2.37. The highest BCUT2D eigenvalue weighted by Gasteiger charge is 2.30. The summed E-state index contributed by atoms with van der Waals surface area (Å²) in [6.45, 7) is 1.69. The lowest BCUT2D eigenvalue weighted by atomic mass is 10.0. The minimum absolute atomic E-state index is 0.0936. The monoisotopic (exact) mass is 268 g/mol. The molecule has 1 N–H and O–H groups in total. The molecule has 2 rings (SSSR count). The molecule has 96 valence electrons. The van der Waals surface area contributed by atoms with Crippen molar-refractivity contribution in [2.24, 2.45) is 0 Å². The molecule has 1 heterocycles. The van der Waals surface area contributed by atoms with E-state index in [0.29, 0.717) is 5.56 Å². The van der Waals surface area contributed by atoms with Crippen LogP contribution >= 0.6 is 11.3 Å². The Bertz CT molecular complexity index is 552. The van der Waals surface area contributed by atoms with Gasteiger partial charge in [0.2, 0.25) is 6.17 Å². The number of rotatable bonds is 4. The first-order chi connectivity index (χ1) is 8.65. The largest absolute Gasteiger partial charge is 0.464 e. The van der Waals surface area contributed by atoms with Crippen LogP contribution in [0.25, 0.3) is 10.1 Å². The average Bonchev–Trinajstić information content (AvgIpc) is 2.81. The summed E-state index contributed by atoms with van der Waals surface area (Å²) >= 11 is 1.41. The third-order valence-electron chi connectivity index (χ3n) is 2.62. The first-order valence-corrected chi connectivity index (χ1v) is 6.48. The van der Waals surface area contributed by atoms with Gasteiger partial charge in [-0.05, 0) is 23.8 Å². The Morgan fingerprint density at radius 2 is 2.22 bits per heavy atom. The molecular weight excluding hydrogens is 255 g/mol. The van der Waals surface area contributed by atoms with Gasteiger partial charge < -0.3 is 9.84 Å². The minimum Gasteiger partial charge on any atom is -0.464 e. The van der Waals surface area contributed by atoms with Gasteiger partial charge in [0, 0.05) is 10.3 Å². The number of aliphatic hydroxyl groups excluding tert-OH is 1. The number of ether oxygens (including phenoxy) is 1. The molecule has 3 nitrogen and oxygen atoms in total. The summed E-state index contributed by atoms with van der Waals surface area (Å²) in [4.78, 5) is 11.3. The molecule has 0 bridgehead atoms. The van der Waals surface area contributed by atoms with Gasteiger partial charge in [-0.25, -0.2) is 9.18 Å². The summed E-state index contributed by atoms with van der Waals surface area (Å²) in [5.74, 6) is -1.03. The zero-order valence-electron chi connectivity index (χ0n) is 9.80. The van der Waals surface area contributed by atoms with Gasteiger partial charge in [0.1, 0.15) is 6.10 Å². The molecule has 0 radical (unpaired) electrons. The predicted molar refractivity (Wildman–Crippen MR) is 68.3 cm³/mol. The van der Waals surface area contributed by atoms with Crippen molar-refractivity contribution >= 4 is 27.4 Å².